The quantitative estimate of drug-likeness (QED) is 0.517. The largest absolute Gasteiger partial charge is 0.436 e. The molecule has 0 aliphatic carbocycles. The molecule has 0 saturated carbocycles. The molecule has 0 radical (unpaired) electrons. The van der Waals surface area contributed by atoms with Gasteiger partial charge in [0.05, 0.1) is 33.8 Å². The van der Waals surface area contributed by atoms with Crippen molar-refractivity contribution in [1.82, 2.24) is 19.6 Å². The molecule has 1 aromatic carbocycles. The number of halogens is 4. The molecule has 1 atom stereocenters. The smallest absolute Gasteiger partial charge is 0.321 e. The van der Waals surface area contributed by atoms with Crippen LogP contribution in [0.4, 0.5) is 18.9 Å². The summed E-state index contributed by atoms with van der Waals surface area (Å²) in [4.78, 5) is 12.9. The average Bonchev–Trinajstić information content (AvgIpc) is 3.13. The first-order valence-corrected chi connectivity index (χ1v) is 10.4. The highest BCUT2D eigenvalue weighted by atomic mass is 79.9. The highest BCUT2D eigenvalue weighted by molar-refractivity contribution is 9.10. The highest BCUT2D eigenvalue weighted by Gasteiger charge is 2.39. The van der Waals surface area contributed by atoms with E-state index >= 15 is 0 Å². The third kappa shape index (κ3) is 4.53. The normalized spacial score (nSPS) is 12.8. The van der Waals surface area contributed by atoms with Gasteiger partial charge in [-0.25, -0.2) is 0 Å². The van der Waals surface area contributed by atoms with Crippen LogP contribution in [0.25, 0.3) is 0 Å². The van der Waals surface area contributed by atoms with E-state index in [0.29, 0.717) is 17.9 Å². The molecule has 3 aromatic rings. The van der Waals surface area contributed by atoms with Gasteiger partial charge in [0.15, 0.2) is 5.69 Å². The molecule has 0 bridgehead atoms. The van der Waals surface area contributed by atoms with Crippen molar-refractivity contribution >= 4 is 27.5 Å². The van der Waals surface area contributed by atoms with Crippen LogP contribution in [0.15, 0.2) is 28.7 Å². The molecule has 31 heavy (non-hydrogen) atoms. The predicted molar refractivity (Wildman–Crippen MR) is 115 cm³/mol. The maximum atomic E-state index is 13.2. The molecule has 166 valence electrons. The number of amides is 1. The molecule has 10 heteroatoms. The van der Waals surface area contributed by atoms with Gasteiger partial charge in [-0.15, -0.1) is 0 Å². The molecular formula is C21H23BrF3N5O. The van der Waals surface area contributed by atoms with E-state index in [4.69, 9.17) is 0 Å². The second kappa shape index (κ2) is 8.49. The number of anilines is 1. The van der Waals surface area contributed by atoms with Gasteiger partial charge in [0.25, 0.3) is 0 Å². The molecule has 1 unspecified atom stereocenters. The maximum absolute atomic E-state index is 13.2. The first-order chi connectivity index (χ1) is 14.4. The fourth-order valence-electron chi connectivity index (χ4n) is 3.38. The molecule has 0 spiro atoms. The van der Waals surface area contributed by atoms with Crippen LogP contribution >= 0.6 is 15.9 Å². The lowest BCUT2D eigenvalue weighted by Crippen LogP contribution is -2.26. The summed E-state index contributed by atoms with van der Waals surface area (Å²) in [5.41, 5.74) is 3.34. The summed E-state index contributed by atoms with van der Waals surface area (Å²) < 4.78 is 42.2. The number of carbonyl (C=O) groups is 1. The van der Waals surface area contributed by atoms with Crippen LogP contribution < -0.4 is 5.32 Å². The number of hydrogen-bond acceptors (Lipinski definition) is 3. The number of nitrogens with zero attached hydrogens (tertiary/aromatic N) is 4. The van der Waals surface area contributed by atoms with Crippen LogP contribution in [0.2, 0.25) is 0 Å². The zero-order valence-corrected chi connectivity index (χ0v) is 19.4. The van der Waals surface area contributed by atoms with Crippen molar-refractivity contribution in [2.24, 2.45) is 0 Å². The van der Waals surface area contributed by atoms with Crippen molar-refractivity contribution < 1.29 is 18.0 Å². The van der Waals surface area contributed by atoms with Gasteiger partial charge < -0.3 is 5.32 Å². The molecule has 6 nitrogen and oxygen atoms in total. The topological polar surface area (TPSA) is 64.7 Å². The van der Waals surface area contributed by atoms with Gasteiger partial charge in [0, 0.05) is 0 Å². The first-order valence-electron chi connectivity index (χ1n) is 9.63. The molecule has 2 heterocycles. The number of rotatable bonds is 5. The Labute approximate surface area is 186 Å². The predicted octanol–water partition coefficient (Wildman–Crippen LogP) is 5.34. The van der Waals surface area contributed by atoms with Crippen LogP contribution in [0.1, 0.15) is 46.9 Å². The van der Waals surface area contributed by atoms with Crippen LogP contribution in [0.5, 0.6) is 0 Å². The number of aryl methyl sites for hydroxylation is 2. The number of benzene rings is 1. The maximum Gasteiger partial charge on any atom is 0.436 e. The lowest BCUT2D eigenvalue weighted by atomic mass is 10.1. The molecule has 1 amide bonds. The standard InChI is InChI=1S/C21H23BrF3N5O/c1-11-8-6-7-9-16(11)10-29-14(4)18(12(2)27-29)26-20(31)15(5)30-13(3)17(22)19(28-30)21(23,24)25/h6-9,15H,10H2,1-5H3,(H,26,31). The van der Waals surface area contributed by atoms with Crippen LogP contribution in [0.3, 0.4) is 0 Å². The Kier molecular flexibility index (Phi) is 6.31. The van der Waals surface area contributed by atoms with Gasteiger partial charge in [0.2, 0.25) is 5.91 Å². The van der Waals surface area contributed by atoms with E-state index in [0.717, 1.165) is 21.5 Å². The van der Waals surface area contributed by atoms with Gasteiger partial charge in [-0.05, 0) is 61.7 Å². The third-order valence-electron chi connectivity index (χ3n) is 5.30. The molecule has 2 aromatic heterocycles. The Bertz CT molecular complexity index is 1130. The van der Waals surface area contributed by atoms with Gasteiger partial charge in [-0.2, -0.15) is 23.4 Å². The summed E-state index contributed by atoms with van der Waals surface area (Å²) in [5.74, 6) is -0.478. The van der Waals surface area contributed by atoms with E-state index in [2.05, 4.69) is 31.4 Å². The van der Waals surface area contributed by atoms with E-state index in [1.54, 1.807) is 11.6 Å². The monoisotopic (exact) mass is 497 g/mol. The Hall–Kier alpha value is -2.62. The van der Waals surface area contributed by atoms with Crippen molar-refractivity contribution in [1.29, 1.82) is 0 Å². The van der Waals surface area contributed by atoms with E-state index < -0.39 is 23.8 Å². The summed E-state index contributed by atoms with van der Waals surface area (Å²) in [6, 6.07) is 7.00. The minimum atomic E-state index is -4.62. The van der Waals surface area contributed by atoms with E-state index in [-0.39, 0.29) is 10.2 Å². The fourth-order valence-corrected chi connectivity index (χ4v) is 3.86. The van der Waals surface area contributed by atoms with Crippen molar-refractivity contribution in [3.05, 3.63) is 62.6 Å². The van der Waals surface area contributed by atoms with E-state index in [9.17, 15) is 18.0 Å². The minimum absolute atomic E-state index is 0.168. The Balaban J connectivity index is 1.84. The molecule has 0 fully saturated rings. The summed E-state index contributed by atoms with van der Waals surface area (Å²) >= 11 is 2.94. The van der Waals surface area contributed by atoms with Crippen molar-refractivity contribution in [2.45, 2.75) is 53.4 Å². The molecule has 0 aliphatic heterocycles. The number of nitrogens with one attached hydrogen (secondary N) is 1. The number of hydrogen-bond donors (Lipinski definition) is 1. The third-order valence-corrected chi connectivity index (χ3v) is 6.25. The molecule has 1 N–H and O–H groups in total. The number of alkyl halides is 3. The fraction of sp³-hybridized carbons (Fsp3) is 0.381. The van der Waals surface area contributed by atoms with Crippen molar-refractivity contribution in [2.75, 3.05) is 5.32 Å². The van der Waals surface area contributed by atoms with E-state index in [1.165, 1.54) is 13.8 Å². The minimum Gasteiger partial charge on any atom is -0.321 e. The summed E-state index contributed by atoms with van der Waals surface area (Å²) in [6.45, 7) is 9.17. The molecule has 0 aliphatic rings. The second-order valence-corrected chi connectivity index (χ2v) is 8.28. The lowest BCUT2D eigenvalue weighted by molar-refractivity contribution is -0.142. The lowest BCUT2D eigenvalue weighted by Gasteiger charge is -2.15. The highest BCUT2D eigenvalue weighted by Crippen LogP contribution is 2.36. The van der Waals surface area contributed by atoms with Gasteiger partial charge in [-0.3, -0.25) is 14.2 Å². The summed E-state index contributed by atoms with van der Waals surface area (Å²) in [6.07, 6.45) is -4.62. The zero-order chi connectivity index (χ0) is 23.1. The van der Waals surface area contributed by atoms with Gasteiger partial charge >= 0.3 is 6.18 Å². The Morgan fingerprint density at radius 1 is 1.13 bits per heavy atom. The second-order valence-electron chi connectivity index (χ2n) is 7.49. The summed E-state index contributed by atoms with van der Waals surface area (Å²) in [7, 11) is 0. The van der Waals surface area contributed by atoms with E-state index in [1.807, 2.05) is 38.1 Å². The van der Waals surface area contributed by atoms with Crippen molar-refractivity contribution in [3.63, 3.8) is 0 Å². The molecule has 3 rings (SSSR count). The average molecular weight is 498 g/mol. The van der Waals surface area contributed by atoms with Crippen molar-refractivity contribution in [3.8, 4) is 0 Å². The number of carbonyl (C=O) groups excluding carboxylic acids is 1. The van der Waals surface area contributed by atoms with Crippen LogP contribution in [0, 0.1) is 27.7 Å². The van der Waals surface area contributed by atoms with Crippen LogP contribution in [-0.4, -0.2) is 25.5 Å². The first kappa shape index (κ1) is 23.1. The summed E-state index contributed by atoms with van der Waals surface area (Å²) in [5, 5.41) is 11.0. The molecule has 0 saturated heterocycles. The van der Waals surface area contributed by atoms with Crippen LogP contribution in [-0.2, 0) is 17.5 Å². The Morgan fingerprint density at radius 3 is 2.35 bits per heavy atom. The van der Waals surface area contributed by atoms with Gasteiger partial charge in [-0.1, -0.05) is 24.3 Å². The number of aromatic nitrogens is 4. The Morgan fingerprint density at radius 2 is 1.77 bits per heavy atom. The molecular weight excluding hydrogens is 475 g/mol. The zero-order valence-electron chi connectivity index (χ0n) is 17.8. The van der Waals surface area contributed by atoms with Gasteiger partial charge in [0.1, 0.15) is 6.04 Å². The SMILES string of the molecule is Cc1ccccc1Cn1nc(C)c(NC(=O)C(C)n2nc(C(F)(F)F)c(Br)c2C)c1C.